The Kier molecular flexibility index (Phi) is 5.01. The zero-order valence-electron chi connectivity index (χ0n) is 13.0. The molecule has 8 heteroatoms. The summed E-state index contributed by atoms with van der Waals surface area (Å²) < 4.78 is 20.1. The molecule has 124 valence electrons. The van der Waals surface area contributed by atoms with Crippen LogP contribution in [0.2, 0.25) is 5.02 Å². The van der Waals surface area contributed by atoms with Crippen LogP contribution in [-0.4, -0.2) is 27.3 Å². The van der Waals surface area contributed by atoms with Gasteiger partial charge in [-0.25, -0.2) is 4.39 Å². The van der Waals surface area contributed by atoms with E-state index in [0.717, 1.165) is 16.8 Å². The minimum atomic E-state index is -0.358. The van der Waals surface area contributed by atoms with Crippen molar-refractivity contribution in [3.63, 3.8) is 0 Å². The van der Waals surface area contributed by atoms with E-state index in [2.05, 4.69) is 15.5 Å². The first-order valence-corrected chi connectivity index (χ1v) is 8.45. The monoisotopic (exact) mass is 364 g/mol. The molecule has 0 aliphatic heterocycles. The van der Waals surface area contributed by atoms with E-state index in [0.29, 0.717) is 21.7 Å². The summed E-state index contributed by atoms with van der Waals surface area (Å²) in [5.41, 5.74) is 2.64. The average Bonchev–Trinajstić information content (AvgIpc) is 3.02. The standard InChI is InChI=1S/C16H14ClFN4OS/c1-10-3-6-15(23-2)14(7-10)22-16(19-20-21-22)24-9-11-4-5-12(18)8-13(11)17/h3-8H,9H2,1-2H3. The van der Waals surface area contributed by atoms with Crippen molar-refractivity contribution < 1.29 is 9.13 Å². The van der Waals surface area contributed by atoms with E-state index >= 15 is 0 Å². The first-order chi connectivity index (χ1) is 11.6. The van der Waals surface area contributed by atoms with Gasteiger partial charge in [-0.3, -0.25) is 0 Å². The van der Waals surface area contributed by atoms with Gasteiger partial charge in [0.15, 0.2) is 0 Å². The molecule has 0 radical (unpaired) electrons. The topological polar surface area (TPSA) is 52.8 Å². The predicted octanol–water partition coefficient (Wildman–Crippen LogP) is 4.06. The first kappa shape index (κ1) is 16.7. The van der Waals surface area contributed by atoms with Gasteiger partial charge in [0, 0.05) is 10.8 Å². The van der Waals surface area contributed by atoms with Crippen molar-refractivity contribution in [1.82, 2.24) is 20.2 Å². The Morgan fingerprint density at radius 3 is 2.83 bits per heavy atom. The van der Waals surface area contributed by atoms with Gasteiger partial charge >= 0.3 is 0 Å². The zero-order chi connectivity index (χ0) is 17.1. The Morgan fingerprint density at radius 2 is 2.08 bits per heavy atom. The number of methoxy groups -OCH3 is 1. The maximum absolute atomic E-state index is 13.1. The fourth-order valence-corrected chi connectivity index (χ4v) is 3.37. The molecule has 0 saturated carbocycles. The summed E-state index contributed by atoms with van der Waals surface area (Å²) in [6.07, 6.45) is 0. The maximum atomic E-state index is 13.1. The molecule has 1 heterocycles. The summed E-state index contributed by atoms with van der Waals surface area (Å²) in [4.78, 5) is 0. The summed E-state index contributed by atoms with van der Waals surface area (Å²) in [6.45, 7) is 1.98. The molecule has 3 rings (SSSR count). The SMILES string of the molecule is COc1ccc(C)cc1-n1nnnc1SCc1ccc(F)cc1Cl. The highest BCUT2D eigenvalue weighted by Gasteiger charge is 2.14. The van der Waals surface area contributed by atoms with Crippen LogP contribution in [0.5, 0.6) is 5.75 Å². The molecule has 0 atom stereocenters. The molecular formula is C16H14ClFN4OS. The molecular weight excluding hydrogens is 351 g/mol. The second-order valence-corrected chi connectivity index (χ2v) is 6.42. The van der Waals surface area contributed by atoms with E-state index < -0.39 is 0 Å². The number of halogens is 2. The molecule has 0 fully saturated rings. The molecule has 3 aromatic rings. The number of ether oxygens (including phenoxy) is 1. The molecule has 24 heavy (non-hydrogen) atoms. The van der Waals surface area contributed by atoms with Gasteiger partial charge in [0.25, 0.3) is 0 Å². The Morgan fingerprint density at radius 1 is 1.25 bits per heavy atom. The Labute approximate surface area is 147 Å². The molecule has 0 unspecified atom stereocenters. The lowest BCUT2D eigenvalue weighted by atomic mass is 10.2. The lowest BCUT2D eigenvalue weighted by Gasteiger charge is -2.10. The minimum Gasteiger partial charge on any atom is -0.494 e. The van der Waals surface area contributed by atoms with Crippen LogP contribution in [0.15, 0.2) is 41.6 Å². The normalized spacial score (nSPS) is 10.8. The molecule has 0 N–H and O–H groups in total. The van der Waals surface area contributed by atoms with Crippen molar-refractivity contribution in [2.24, 2.45) is 0 Å². The number of benzene rings is 2. The summed E-state index contributed by atoms with van der Waals surface area (Å²) in [5.74, 6) is 0.839. The molecule has 0 spiro atoms. The molecule has 0 bridgehead atoms. The first-order valence-electron chi connectivity index (χ1n) is 7.08. The third-order valence-electron chi connectivity index (χ3n) is 3.38. The van der Waals surface area contributed by atoms with Crippen molar-refractivity contribution in [1.29, 1.82) is 0 Å². The maximum Gasteiger partial charge on any atom is 0.214 e. The van der Waals surface area contributed by atoms with Gasteiger partial charge < -0.3 is 4.74 Å². The number of hydrogen-bond acceptors (Lipinski definition) is 5. The van der Waals surface area contributed by atoms with Crippen molar-refractivity contribution in [2.45, 2.75) is 17.8 Å². The number of rotatable bonds is 5. The zero-order valence-corrected chi connectivity index (χ0v) is 14.6. The van der Waals surface area contributed by atoms with Crippen LogP contribution in [0.3, 0.4) is 0 Å². The Balaban J connectivity index is 1.87. The van der Waals surface area contributed by atoms with Gasteiger partial charge in [0.2, 0.25) is 5.16 Å². The van der Waals surface area contributed by atoms with Crippen molar-refractivity contribution in [3.8, 4) is 11.4 Å². The van der Waals surface area contributed by atoms with Gasteiger partial charge in [-0.15, -0.1) is 5.10 Å². The Bertz CT molecular complexity index is 871. The second kappa shape index (κ2) is 7.19. The summed E-state index contributed by atoms with van der Waals surface area (Å²) >= 11 is 7.47. The fraction of sp³-hybridized carbons (Fsp3) is 0.188. The predicted molar refractivity (Wildman–Crippen MR) is 91.4 cm³/mol. The molecule has 0 aliphatic carbocycles. The van der Waals surface area contributed by atoms with Crippen LogP contribution in [0, 0.1) is 12.7 Å². The van der Waals surface area contributed by atoms with Crippen LogP contribution < -0.4 is 4.74 Å². The summed E-state index contributed by atoms with van der Waals surface area (Å²) in [5, 5.41) is 12.8. The fourth-order valence-electron chi connectivity index (χ4n) is 2.17. The molecule has 2 aromatic carbocycles. The highest BCUT2D eigenvalue weighted by Crippen LogP contribution is 2.30. The van der Waals surface area contributed by atoms with Crippen molar-refractivity contribution in [3.05, 3.63) is 58.4 Å². The molecule has 0 aliphatic rings. The van der Waals surface area contributed by atoms with E-state index in [4.69, 9.17) is 16.3 Å². The lowest BCUT2D eigenvalue weighted by Crippen LogP contribution is -2.02. The molecule has 0 saturated heterocycles. The largest absolute Gasteiger partial charge is 0.494 e. The van der Waals surface area contributed by atoms with Crippen LogP contribution in [0.25, 0.3) is 5.69 Å². The van der Waals surface area contributed by atoms with Crippen molar-refractivity contribution >= 4 is 23.4 Å². The third-order valence-corrected chi connectivity index (χ3v) is 4.70. The van der Waals surface area contributed by atoms with Gasteiger partial charge in [-0.1, -0.05) is 35.5 Å². The van der Waals surface area contributed by atoms with E-state index in [1.54, 1.807) is 17.9 Å². The van der Waals surface area contributed by atoms with E-state index in [9.17, 15) is 4.39 Å². The summed E-state index contributed by atoms with van der Waals surface area (Å²) in [7, 11) is 1.60. The number of aryl methyl sites for hydroxylation is 1. The van der Waals surface area contributed by atoms with Gasteiger partial charge in [0.05, 0.1) is 7.11 Å². The molecule has 5 nitrogen and oxygen atoms in total. The van der Waals surface area contributed by atoms with Crippen LogP contribution >= 0.6 is 23.4 Å². The number of aromatic nitrogens is 4. The van der Waals surface area contributed by atoms with E-state index in [-0.39, 0.29) is 5.82 Å². The quantitative estimate of drug-likeness (QED) is 0.639. The highest BCUT2D eigenvalue weighted by atomic mass is 35.5. The second-order valence-electron chi connectivity index (χ2n) is 5.07. The third kappa shape index (κ3) is 3.52. The van der Waals surface area contributed by atoms with Crippen LogP contribution in [0.1, 0.15) is 11.1 Å². The average molecular weight is 365 g/mol. The number of hydrogen-bond donors (Lipinski definition) is 0. The number of nitrogens with zero attached hydrogens (tertiary/aromatic N) is 4. The molecule has 1 aromatic heterocycles. The van der Waals surface area contributed by atoms with E-state index in [1.165, 1.54) is 23.9 Å². The van der Waals surface area contributed by atoms with Gasteiger partial charge in [0.1, 0.15) is 17.3 Å². The lowest BCUT2D eigenvalue weighted by molar-refractivity contribution is 0.410. The van der Waals surface area contributed by atoms with Gasteiger partial charge in [-0.05, 0) is 52.7 Å². The van der Waals surface area contributed by atoms with E-state index in [1.807, 2.05) is 25.1 Å². The number of tetrazole rings is 1. The minimum absolute atomic E-state index is 0.358. The van der Waals surface area contributed by atoms with Crippen LogP contribution in [0.4, 0.5) is 4.39 Å². The van der Waals surface area contributed by atoms with Crippen LogP contribution in [-0.2, 0) is 5.75 Å². The Hall–Kier alpha value is -2.12. The smallest absolute Gasteiger partial charge is 0.214 e. The highest BCUT2D eigenvalue weighted by molar-refractivity contribution is 7.98. The van der Waals surface area contributed by atoms with Gasteiger partial charge in [-0.2, -0.15) is 4.68 Å². The summed E-state index contributed by atoms with van der Waals surface area (Å²) in [6, 6.07) is 10.1. The van der Waals surface area contributed by atoms with Crippen molar-refractivity contribution in [2.75, 3.05) is 7.11 Å². The number of thioether (sulfide) groups is 1. The molecule has 0 amide bonds.